The fourth-order valence-electron chi connectivity index (χ4n) is 2.09. The van der Waals surface area contributed by atoms with Crippen molar-refractivity contribution in [2.45, 2.75) is 31.5 Å². The summed E-state index contributed by atoms with van der Waals surface area (Å²) >= 11 is 0. The lowest BCUT2D eigenvalue weighted by molar-refractivity contribution is -0.198. The van der Waals surface area contributed by atoms with Crippen LogP contribution in [0.1, 0.15) is 19.3 Å². The Balaban J connectivity index is 2.78. The number of rotatable bonds is 4. The van der Waals surface area contributed by atoms with Gasteiger partial charge < -0.3 is 10.8 Å². The Morgan fingerprint density at radius 2 is 2.00 bits per heavy atom. The minimum Gasteiger partial charge on any atom is -0.481 e. The number of nitrogens with zero attached hydrogens (tertiary/aromatic N) is 1. The van der Waals surface area contributed by atoms with Gasteiger partial charge in [-0.25, -0.2) is 0 Å². The van der Waals surface area contributed by atoms with Gasteiger partial charge in [-0.1, -0.05) is 6.42 Å². The molecule has 1 aliphatic heterocycles. The fourth-order valence-corrected chi connectivity index (χ4v) is 2.09. The number of aliphatic carboxylic acids is 1. The molecule has 1 aliphatic rings. The maximum absolute atomic E-state index is 12.5. The number of amides is 1. The predicted octanol–water partition coefficient (Wildman–Crippen LogP) is 0.589. The van der Waals surface area contributed by atoms with Crippen molar-refractivity contribution in [3.63, 3.8) is 0 Å². The molecule has 0 aromatic heterocycles. The van der Waals surface area contributed by atoms with Crippen LogP contribution in [0.15, 0.2) is 0 Å². The van der Waals surface area contributed by atoms with E-state index < -0.39 is 36.6 Å². The number of hydrogen-bond acceptors (Lipinski definition) is 3. The number of nitrogens with two attached hydrogens (primary N) is 1. The molecule has 8 heteroatoms. The van der Waals surface area contributed by atoms with E-state index in [4.69, 9.17) is 10.8 Å². The molecular formula is C10H15F3N2O3. The second-order valence-electron chi connectivity index (χ2n) is 4.34. The Kier molecular flexibility index (Phi) is 4.55. The van der Waals surface area contributed by atoms with E-state index in [9.17, 15) is 22.8 Å². The highest BCUT2D eigenvalue weighted by molar-refractivity contribution is 5.80. The van der Waals surface area contributed by atoms with E-state index in [1.54, 1.807) is 0 Å². The van der Waals surface area contributed by atoms with Gasteiger partial charge in [-0.3, -0.25) is 14.5 Å². The largest absolute Gasteiger partial charge is 0.481 e. The molecule has 1 fully saturated rings. The molecule has 1 saturated heterocycles. The monoisotopic (exact) mass is 268 g/mol. The Bertz CT molecular complexity index is 333. The second kappa shape index (κ2) is 5.55. The number of piperidine rings is 1. The van der Waals surface area contributed by atoms with Crippen LogP contribution < -0.4 is 5.73 Å². The molecule has 5 nitrogen and oxygen atoms in total. The predicted molar refractivity (Wildman–Crippen MR) is 55.6 cm³/mol. The lowest BCUT2D eigenvalue weighted by Gasteiger charge is -2.35. The van der Waals surface area contributed by atoms with Gasteiger partial charge in [0.2, 0.25) is 5.91 Å². The van der Waals surface area contributed by atoms with Crippen LogP contribution in [-0.2, 0) is 9.59 Å². The van der Waals surface area contributed by atoms with Crippen LogP contribution in [0.3, 0.4) is 0 Å². The van der Waals surface area contributed by atoms with E-state index in [1.807, 2.05) is 0 Å². The maximum atomic E-state index is 12.5. The van der Waals surface area contributed by atoms with E-state index in [-0.39, 0.29) is 6.54 Å². The number of carboxylic acid groups (broad SMARTS) is 1. The van der Waals surface area contributed by atoms with Gasteiger partial charge in [0.15, 0.2) is 5.92 Å². The minimum atomic E-state index is -4.83. The molecule has 0 bridgehead atoms. The van der Waals surface area contributed by atoms with Gasteiger partial charge in [-0.15, -0.1) is 0 Å². The zero-order valence-corrected chi connectivity index (χ0v) is 9.61. The number of halogens is 3. The Labute approximate surface area is 102 Å². The number of alkyl halides is 3. The summed E-state index contributed by atoms with van der Waals surface area (Å²) in [6.07, 6.45) is -3.12. The van der Waals surface area contributed by atoms with Crippen molar-refractivity contribution >= 4 is 11.9 Å². The Morgan fingerprint density at radius 1 is 1.39 bits per heavy atom. The first-order valence-electron chi connectivity index (χ1n) is 5.56. The second-order valence-corrected chi connectivity index (χ2v) is 4.34. The zero-order valence-electron chi connectivity index (χ0n) is 9.61. The Hall–Kier alpha value is -1.31. The van der Waals surface area contributed by atoms with Crippen molar-refractivity contribution in [3.8, 4) is 0 Å². The maximum Gasteiger partial charge on any atom is 0.403 e. The summed E-state index contributed by atoms with van der Waals surface area (Å²) in [4.78, 5) is 23.0. The number of carboxylic acids is 1. The summed E-state index contributed by atoms with van der Waals surface area (Å²) in [5, 5.41) is 8.60. The quantitative estimate of drug-likeness (QED) is 0.781. The molecule has 0 radical (unpaired) electrons. The first kappa shape index (κ1) is 14.7. The van der Waals surface area contributed by atoms with Crippen molar-refractivity contribution in [2.24, 2.45) is 11.7 Å². The molecule has 2 atom stereocenters. The van der Waals surface area contributed by atoms with Gasteiger partial charge in [0, 0.05) is 6.54 Å². The van der Waals surface area contributed by atoms with Gasteiger partial charge in [0.25, 0.3) is 0 Å². The van der Waals surface area contributed by atoms with Crippen molar-refractivity contribution in [2.75, 3.05) is 13.1 Å². The average molecular weight is 268 g/mol. The van der Waals surface area contributed by atoms with Crippen molar-refractivity contribution in [1.29, 1.82) is 0 Å². The van der Waals surface area contributed by atoms with Crippen LogP contribution in [0.5, 0.6) is 0 Å². The van der Waals surface area contributed by atoms with Gasteiger partial charge in [-0.05, 0) is 19.4 Å². The van der Waals surface area contributed by atoms with E-state index in [0.29, 0.717) is 19.3 Å². The summed E-state index contributed by atoms with van der Waals surface area (Å²) in [7, 11) is 0. The summed E-state index contributed by atoms with van der Waals surface area (Å²) in [6, 6.07) is -0.803. The minimum absolute atomic E-state index is 0.257. The summed E-state index contributed by atoms with van der Waals surface area (Å²) in [6.45, 7) is -0.472. The van der Waals surface area contributed by atoms with Crippen LogP contribution in [0.25, 0.3) is 0 Å². The third-order valence-electron chi connectivity index (χ3n) is 3.05. The van der Waals surface area contributed by atoms with E-state index in [0.717, 1.165) is 0 Å². The summed E-state index contributed by atoms with van der Waals surface area (Å²) in [5.74, 6) is -5.13. The molecule has 1 rings (SSSR count). The number of hydrogen-bond donors (Lipinski definition) is 2. The van der Waals surface area contributed by atoms with Crippen molar-refractivity contribution in [1.82, 2.24) is 4.90 Å². The first-order valence-corrected chi connectivity index (χ1v) is 5.56. The van der Waals surface area contributed by atoms with E-state index in [1.165, 1.54) is 4.90 Å². The van der Waals surface area contributed by atoms with Gasteiger partial charge in [0.05, 0.1) is 6.04 Å². The van der Waals surface area contributed by atoms with E-state index >= 15 is 0 Å². The molecule has 0 aliphatic carbocycles. The van der Waals surface area contributed by atoms with Crippen LogP contribution in [0.4, 0.5) is 13.2 Å². The number of carbonyl (C=O) groups is 2. The number of carbonyl (C=O) groups excluding carboxylic acids is 1. The SMILES string of the molecule is NC(=O)C1CCCCN1CC(C(=O)O)C(F)(F)F. The molecule has 2 unspecified atom stereocenters. The van der Waals surface area contributed by atoms with Crippen LogP contribution >= 0.6 is 0 Å². The van der Waals surface area contributed by atoms with E-state index in [2.05, 4.69) is 0 Å². The third-order valence-corrected chi connectivity index (χ3v) is 3.05. The molecule has 3 N–H and O–H groups in total. The molecule has 0 aromatic carbocycles. The standard InChI is InChI=1S/C10H15F3N2O3/c11-10(12,13)6(9(17)18)5-15-4-2-1-3-7(15)8(14)16/h6-7H,1-5H2,(H2,14,16)(H,17,18). The summed E-state index contributed by atoms with van der Waals surface area (Å²) in [5.41, 5.74) is 5.11. The van der Waals surface area contributed by atoms with Gasteiger partial charge in [0.1, 0.15) is 0 Å². The van der Waals surface area contributed by atoms with Crippen LogP contribution in [-0.4, -0.2) is 47.2 Å². The van der Waals surface area contributed by atoms with Gasteiger partial charge in [-0.2, -0.15) is 13.2 Å². The van der Waals surface area contributed by atoms with Crippen molar-refractivity contribution in [3.05, 3.63) is 0 Å². The molecule has 1 amide bonds. The lowest BCUT2D eigenvalue weighted by Crippen LogP contribution is -2.52. The normalized spacial score (nSPS) is 23.6. The Morgan fingerprint density at radius 3 is 2.44 bits per heavy atom. The highest BCUT2D eigenvalue weighted by Gasteiger charge is 2.47. The zero-order chi connectivity index (χ0) is 13.9. The molecular weight excluding hydrogens is 253 g/mol. The molecule has 0 spiro atoms. The van der Waals surface area contributed by atoms with Crippen LogP contribution in [0.2, 0.25) is 0 Å². The summed E-state index contributed by atoms with van der Waals surface area (Å²) < 4.78 is 37.6. The van der Waals surface area contributed by atoms with Crippen LogP contribution in [0, 0.1) is 5.92 Å². The van der Waals surface area contributed by atoms with Gasteiger partial charge >= 0.3 is 12.1 Å². The average Bonchev–Trinajstić information content (AvgIpc) is 2.24. The highest BCUT2D eigenvalue weighted by Crippen LogP contribution is 2.29. The smallest absolute Gasteiger partial charge is 0.403 e. The molecule has 104 valence electrons. The number of likely N-dealkylation sites (tertiary alicyclic amines) is 1. The third kappa shape index (κ3) is 3.59. The molecule has 0 aromatic rings. The van der Waals surface area contributed by atoms with Crippen molar-refractivity contribution < 1.29 is 27.9 Å². The number of primary amides is 1. The molecule has 0 saturated carbocycles. The topological polar surface area (TPSA) is 83.6 Å². The molecule has 18 heavy (non-hydrogen) atoms. The molecule has 1 heterocycles. The first-order chi connectivity index (χ1) is 8.23. The fraction of sp³-hybridized carbons (Fsp3) is 0.800. The lowest BCUT2D eigenvalue weighted by atomic mass is 9.99. The highest BCUT2D eigenvalue weighted by atomic mass is 19.4.